The van der Waals surface area contributed by atoms with Crippen LogP contribution in [0.25, 0.3) is 0 Å². The fourth-order valence-corrected chi connectivity index (χ4v) is 1.05. The van der Waals surface area contributed by atoms with Gasteiger partial charge in [-0.3, -0.25) is 0 Å². The van der Waals surface area contributed by atoms with Gasteiger partial charge >= 0.3 is 0 Å². The van der Waals surface area contributed by atoms with E-state index in [9.17, 15) is 4.39 Å². The number of aryl methyl sites for hydroxylation is 1. The molecule has 1 rings (SSSR count). The molecule has 1 aromatic rings. The van der Waals surface area contributed by atoms with E-state index in [0.717, 1.165) is 0 Å². The van der Waals surface area contributed by atoms with Gasteiger partial charge in [0, 0.05) is 12.5 Å². The molecule has 2 nitrogen and oxygen atoms in total. The maximum atomic E-state index is 13.2. The van der Waals surface area contributed by atoms with Gasteiger partial charge in [-0.1, -0.05) is 6.07 Å². The van der Waals surface area contributed by atoms with E-state index in [-0.39, 0.29) is 5.82 Å². The molecule has 0 unspecified atom stereocenters. The molecule has 1 aromatic carbocycles. The van der Waals surface area contributed by atoms with Crippen molar-refractivity contribution in [2.75, 3.05) is 7.11 Å². The summed E-state index contributed by atoms with van der Waals surface area (Å²) in [4.78, 5) is 0. The number of benzene rings is 1. The minimum atomic E-state index is -0.311. The molecular weight excluding hydrogens is 169 g/mol. The number of nitrogens with zero attached hydrogens (tertiary/aromatic N) is 1. The summed E-state index contributed by atoms with van der Waals surface area (Å²) >= 11 is 0. The smallest absolute Gasteiger partial charge is 0.130 e. The molecule has 13 heavy (non-hydrogen) atoms. The van der Waals surface area contributed by atoms with Crippen LogP contribution in [-0.4, -0.2) is 7.11 Å². The monoisotopic (exact) mass is 179 g/mol. The molecule has 0 bridgehead atoms. The van der Waals surface area contributed by atoms with Gasteiger partial charge in [-0.2, -0.15) is 5.26 Å². The zero-order valence-corrected chi connectivity index (χ0v) is 7.38. The molecule has 68 valence electrons. The fourth-order valence-electron chi connectivity index (χ4n) is 1.05. The molecule has 0 amide bonds. The Balaban J connectivity index is 2.80. The summed E-state index contributed by atoms with van der Waals surface area (Å²) < 4.78 is 18.0. The maximum Gasteiger partial charge on any atom is 0.130 e. The van der Waals surface area contributed by atoms with Crippen LogP contribution < -0.4 is 4.74 Å². The largest absolute Gasteiger partial charge is 0.497 e. The molecule has 0 aliphatic heterocycles. The Labute approximate surface area is 76.6 Å². The summed E-state index contributed by atoms with van der Waals surface area (Å²) in [6.45, 7) is 0. The molecule has 3 heteroatoms. The molecule has 0 heterocycles. The average Bonchev–Trinajstić information content (AvgIpc) is 2.16. The lowest BCUT2D eigenvalue weighted by molar-refractivity contribution is 0.410. The van der Waals surface area contributed by atoms with Crippen molar-refractivity contribution in [1.82, 2.24) is 0 Å². The third-order valence-corrected chi connectivity index (χ3v) is 1.77. The maximum absolute atomic E-state index is 13.2. The summed E-state index contributed by atoms with van der Waals surface area (Å²) in [5, 5.41) is 8.32. The van der Waals surface area contributed by atoms with Crippen molar-refractivity contribution >= 4 is 0 Å². The van der Waals surface area contributed by atoms with Gasteiger partial charge in [0.1, 0.15) is 11.6 Å². The third kappa shape index (κ3) is 2.45. The number of nitriles is 1. The molecule has 0 aliphatic carbocycles. The van der Waals surface area contributed by atoms with E-state index in [1.165, 1.54) is 13.2 Å². The summed E-state index contributed by atoms with van der Waals surface area (Å²) in [6, 6.07) is 6.63. The Bertz CT molecular complexity index is 330. The molecule has 0 spiro atoms. The van der Waals surface area contributed by atoms with Crippen LogP contribution in [0.1, 0.15) is 12.0 Å². The molecule has 0 radical (unpaired) electrons. The van der Waals surface area contributed by atoms with E-state index in [1.807, 2.05) is 6.07 Å². The third-order valence-electron chi connectivity index (χ3n) is 1.77. The first-order valence-corrected chi connectivity index (χ1v) is 3.97. The minimum Gasteiger partial charge on any atom is -0.497 e. The first-order valence-electron chi connectivity index (χ1n) is 3.97. The topological polar surface area (TPSA) is 33.0 Å². The molecular formula is C10H10FNO. The molecule has 0 aliphatic rings. The van der Waals surface area contributed by atoms with Crippen LogP contribution in [0.2, 0.25) is 0 Å². The quantitative estimate of drug-likeness (QED) is 0.713. The number of rotatable bonds is 3. The van der Waals surface area contributed by atoms with Gasteiger partial charge in [-0.05, 0) is 18.1 Å². The van der Waals surface area contributed by atoms with Crippen molar-refractivity contribution in [3.05, 3.63) is 29.6 Å². The number of methoxy groups -OCH3 is 1. The van der Waals surface area contributed by atoms with Crippen molar-refractivity contribution in [1.29, 1.82) is 5.26 Å². The van der Waals surface area contributed by atoms with Crippen LogP contribution in [0.15, 0.2) is 18.2 Å². The number of ether oxygens (including phenoxy) is 1. The molecule has 0 N–H and O–H groups in total. The number of halogens is 1. The Morgan fingerprint density at radius 1 is 1.54 bits per heavy atom. The molecule has 0 atom stereocenters. The molecule has 0 fully saturated rings. The van der Waals surface area contributed by atoms with Crippen LogP contribution in [0.4, 0.5) is 4.39 Å². The first kappa shape index (κ1) is 9.53. The second-order valence-electron chi connectivity index (χ2n) is 2.62. The van der Waals surface area contributed by atoms with Gasteiger partial charge in [0.15, 0.2) is 0 Å². The highest BCUT2D eigenvalue weighted by Gasteiger charge is 2.02. The number of hydrogen-bond donors (Lipinski definition) is 0. The van der Waals surface area contributed by atoms with Crippen molar-refractivity contribution in [2.45, 2.75) is 12.8 Å². The SMILES string of the molecule is COc1ccc(CCC#N)c(F)c1. The Hall–Kier alpha value is -1.56. The van der Waals surface area contributed by atoms with Crippen molar-refractivity contribution in [3.63, 3.8) is 0 Å². The zero-order chi connectivity index (χ0) is 9.68. The van der Waals surface area contributed by atoms with Crippen molar-refractivity contribution in [3.8, 4) is 11.8 Å². The summed E-state index contributed by atoms with van der Waals surface area (Å²) in [7, 11) is 1.49. The van der Waals surface area contributed by atoms with Gasteiger partial charge in [-0.15, -0.1) is 0 Å². The summed E-state index contributed by atoms with van der Waals surface area (Å²) in [6.07, 6.45) is 0.787. The molecule has 0 aromatic heterocycles. The van der Waals surface area contributed by atoms with Gasteiger partial charge in [-0.25, -0.2) is 4.39 Å². The molecule has 0 saturated carbocycles. The Morgan fingerprint density at radius 3 is 2.85 bits per heavy atom. The lowest BCUT2D eigenvalue weighted by atomic mass is 10.1. The van der Waals surface area contributed by atoms with E-state index < -0.39 is 0 Å². The highest BCUT2D eigenvalue weighted by atomic mass is 19.1. The first-order chi connectivity index (χ1) is 6.27. The highest BCUT2D eigenvalue weighted by molar-refractivity contribution is 5.29. The van der Waals surface area contributed by atoms with E-state index in [1.54, 1.807) is 12.1 Å². The minimum absolute atomic E-state index is 0.311. The lowest BCUT2D eigenvalue weighted by Gasteiger charge is -2.03. The second-order valence-corrected chi connectivity index (χ2v) is 2.62. The van der Waals surface area contributed by atoms with Crippen molar-refractivity contribution < 1.29 is 9.13 Å². The normalized spacial score (nSPS) is 9.31. The lowest BCUT2D eigenvalue weighted by Crippen LogP contribution is -1.91. The van der Waals surface area contributed by atoms with E-state index >= 15 is 0 Å². The Kier molecular flexibility index (Phi) is 3.27. The van der Waals surface area contributed by atoms with Gasteiger partial charge in [0.05, 0.1) is 13.2 Å². The van der Waals surface area contributed by atoms with Crippen LogP contribution in [0, 0.1) is 17.1 Å². The average molecular weight is 179 g/mol. The summed E-state index contributed by atoms with van der Waals surface area (Å²) in [5.74, 6) is 0.188. The second kappa shape index (κ2) is 4.46. The van der Waals surface area contributed by atoms with Crippen LogP contribution in [0.5, 0.6) is 5.75 Å². The molecule has 0 saturated heterocycles. The van der Waals surface area contributed by atoms with Gasteiger partial charge in [0.25, 0.3) is 0 Å². The van der Waals surface area contributed by atoms with E-state index in [0.29, 0.717) is 24.2 Å². The van der Waals surface area contributed by atoms with Crippen LogP contribution >= 0.6 is 0 Å². The van der Waals surface area contributed by atoms with Crippen LogP contribution in [-0.2, 0) is 6.42 Å². The number of hydrogen-bond acceptors (Lipinski definition) is 2. The van der Waals surface area contributed by atoms with E-state index in [2.05, 4.69) is 0 Å². The Morgan fingerprint density at radius 2 is 2.31 bits per heavy atom. The van der Waals surface area contributed by atoms with Crippen molar-refractivity contribution in [2.24, 2.45) is 0 Å². The predicted octanol–water partition coefficient (Wildman–Crippen LogP) is 2.29. The van der Waals surface area contributed by atoms with E-state index in [4.69, 9.17) is 10.00 Å². The van der Waals surface area contributed by atoms with Gasteiger partial charge in [0.2, 0.25) is 0 Å². The van der Waals surface area contributed by atoms with Crippen LogP contribution in [0.3, 0.4) is 0 Å². The highest BCUT2D eigenvalue weighted by Crippen LogP contribution is 2.17. The van der Waals surface area contributed by atoms with Gasteiger partial charge < -0.3 is 4.74 Å². The summed E-state index contributed by atoms with van der Waals surface area (Å²) in [5.41, 5.74) is 0.558. The zero-order valence-electron chi connectivity index (χ0n) is 7.38. The predicted molar refractivity (Wildman–Crippen MR) is 46.9 cm³/mol. The fraction of sp³-hybridized carbons (Fsp3) is 0.300. The standard InChI is InChI=1S/C10H10FNO/c1-13-9-5-4-8(3-2-6-12)10(11)7-9/h4-5,7H,2-3H2,1H3.